The van der Waals surface area contributed by atoms with E-state index >= 15 is 0 Å². The Morgan fingerprint density at radius 1 is 1.22 bits per heavy atom. The Morgan fingerprint density at radius 3 is 2.74 bits per heavy atom. The van der Waals surface area contributed by atoms with Crippen molar-refractivity contribution in [1.82, 2.24) is 0 Å². The Hall–Kier alpha value is -0.247. The minimum atomic E-state index is -0.602. The molecule has 2 aliphatic carbocycles. The van der Waals surface area contributed by atoms with Gasteiger partial charge in [0.05, 0.1) is 0 Å². The summed E-state index contributed by atoms with van der Waals surface area (Å²) in [7, 11) is 0.0202. The fraction of sp³-hybridized carbons (Fsp3) is 0.429. The molecule has 0 heterocycles. The van der Waals surface area contributed by atoms with Crippen LogP contribution in [0.4, 0.5) is 0 Å². The van der Waals surface area contributed by atoms with Gasteiger partial charge in [-0.3, -0.25) is 0 Å². The second-order valence-corrected chi connectivity index (χ2v) is 12.7. The summed E-state index contributed by atoms with van der Waals surface area (Å²) in [5.41, 5.74) is 6.47. The average Bonchev–Trinajstić information content (AvgIpc) is 3.08. The van der Waals surface area contributed by atoms with Crippen LogP contribution in [0.3, 0.4) is 0 Å². The van der Waals surface area contributed by atoms with E-state index in [4.69, 9.17) is 0 Å². The van der Waals surface area contributed by atoms with Crippen LogP contribution in [0.1, 0.15) is 54.3 Å². The van der Waals surface area contributed by atoms with Gasteiger partial charge >= 0.3 is 155 Å². The van der Waals surface area contributed by atoms with Crippen LogP contribution in [0.5, 0.6) is 0 Å². The molecule has 0 bridgehead atoms. The molecule has 0 amide bonds. The third-order valence-electron chi connectivity index (χ3n) is 4.97. The van der Waals surface area contributed by atoms with Gasteiger partial charge < -0.3 is 0 Å². The summed E-state index contributed by atoms with van der Waals surface area (Å²) >= 11 is -0.602. The first-order valence-corrected chi connectivity index (χ1v) is 13.6. The van der Waals surface area contributed by atoms with Crippen LogP contribution >= 0.6 is 7.92 Å². The van der Waals surface area contributed by atoms with E-state index in [1.54, 1.807) is 22.0 Å². The molecule has 0 saturated carbocycles. The van der Waals surface area contributed by atoms with Crippen LogP contribution < -0.4 is 0 Å². The molecule has 0 fully saturated rings. The van der Waals surface area contributed by atoms with Gasteiger partial charge in [0.1, 0.15) is 0 Å². The summed E-state index contributed by atoms with van der Waals surface area (Å²) in [4.78, 5) is 0. The van der Waals surface area contributed by atoms with Gasteiger partial charge in [-0.25, -0.2) is 0 Å². The van der Waals surface area contributed by atoms with Crippen molar-refractivity contribution in [2.75, 3.05) is 13.3 Å². The van der Waals surface area contributed by atoms with Crippen LogP contribution in [-0.4, -0.2) is 13.3 Å². The van der Waals surface area contributed by atoms with Crippen molar-refractivity contribution in [2.24, 2.45) is 0 Å². The molecule has 0 spiro atoms. The molecular weight excluding hydrogens is 374 g/mol. The van der Waals surface area contributed by atoms with Crippen LogP contribution in [0, 0.1) is 0 Å². The first-order valence-electron chi connectivity index (χ1n) is 8.75. The first kappa shape index (κ1) is 17.6. The summed E-state index contributed by atoms with van der Waals surface area (Å²) in [6.45, 7) is 9.51. The second kappa shape index (κ2) is 7.76. The molecule has 0 nitrogen and oxygen atoms in total. The Labute approximate surface area is 154 Å². The van der Waals surface area contributed by atoms with Crippen molar-refractivity contribution in [2.45, 2.75) is 43.2 Å². The fourth-order valence-corrected chi connectivity index (χ4v) is 11.2. The van der Waals surface area contributed by atoms with E-state index < -0.39 is 23.2 Å². The van der Waals surface area contributed by atoms with Crippen LogP contribution in [0.15, 0.2) is 50.1 Å². The Morgan fingerprint density at radius 2 is 2.00 bits per heavy atom. The van der Waals surface area contributed by atoms with E-state index in [2.05, 4.69) is 63.6 Å². The van der Waals surface area contributed by atoms with E-state index in [0.717, 1.165) is 3.63 Å². The molecule has 3 rings (SSSR count). The zero-order valence-electron chi connectivity index (χ0n) is 14.8. The van der Waals surface area contributed by atoms with Gasteiger partial charge in [-0.2, -0.15) is 0 Å². The molecule has 0 aromatic heterocycles. The summed E-state index contributed by atoms with van der Waals surface area (Å²) in [5.74, 6) is 0. The monoisotopic (exact) mass is 400 g/mol. The number of hydrogen-bond donors (Lipinski definition) is 0. The van der Waals surface area contributed by atoms with Crippen LogP contribution in [0.25, 0.3) is 6.08 Å². The van der Waals surface area contributed by atoms with Crippen molar-refractivity contribution in [1.29, 1.82) is 0 Å². The molecule has 2 heteroatoms. The van der Waals surface area contributed by atoms with Crippen molar-refractivity contribution < 1.29 is 23.2 Å². The van der Waals surface area contributed by atoms with Gasteiger partial charge in [0.2, 0.25) is 0 Å². The van der Waals surface area contributed by atoms with Gasteiger partial charge in [0.15, 0.2) is 0 Å². The molecule has 0 radical (unpaired) electrons. The van der Waals surface area contributed by atoms with E-state index in [9.17, 15) is 0 Å². The molecule has 0 saturated heterocycles. The maximum atomic E-state index is 2.52. The number of benzene rings is 1. The maximum absolute atomic E-state index is 2.52. The molecule has 1 unspecified atom stereocenters. The minimum absolute atomic E-state index is 0.0202. The van der Waals surface area contributed by atoms with E-state index in [1.165, 1.54) is 31.2 Å². The zero-order chi connectivity index (χ0) is 16.4. The first-order chi connectivity index (χ1) is 11.1. The third kappa shape index (κ3) is 3.72. The quantitative estimate of drug-likeness (QED) is 0.465. The molecule has 1 aromatic carbocycles. The fourth-order valence-electron chi connectivity index (χ4n) is 3.61. The molecule has 1 atom stereocenters. The van der Waals surface area contributed by atoms with Gasteiger partial charge in [-0.15, -0.1) is 0 Å². The molecule has 0 N–H and O–H groups in total. The molecule has 23 heavy (non-hydrogen) atoms. The normalized spacial score (nSPS) is 20.0. The number of allylic oxidation sites excluding steroid dienone is 5. The summed E-state index contributed by atoms with van der Waals surface area (Å²) < 4.78 is 2.67. The van der Waals surface area contributed by atoms with Crippen molar-refractivity contribution in [3.05, 3.63) is 61.2 Å². The van der Waals surface area contributed by atoms with Crippen LogP contribution in [-0.2, 0) is 23.2 Å². The predicted molar refractivity (Wildman–Crippen MR) is 101 cm³/mol. The Bertz CT molecular complexity index is 679. The van der Waals surface area contributed by atoms with Crippen molar-refractivity contribution in [3.63, 3.8) is 0 Å². The van der Waals surface area contributed by atoms with E-state index in [-0.39, 0.29) is 7.92 Å². The molecule has 120 valence electrons. The summed E-state index contributed by atoms with van der Waals surface area (Å²) in [6, 6.07) is 9.14. The summed E-state index contributed by atoms with van der Waals surface area (Å²) in [6.07, 6.45) is 10.2. The number of hydrogen-bond acceptors (Lipinski definition) is 0. The Balaban J connectivity index is 1.89. The zero-order valence-corrected chi connectivity index (χ0v) is 18.2. The number of fused-ring (bicyclic) bond motifs is 1. The Kier molecular flexibility index (Phi) is 5.93. The van der Waals surface area contributed by atoms with Crippen molar-refractivity contribution >= 4 is 14.0 Å². The van der Waals surface area contributed by atoms with Crippen LogP contribution in [0.2, 0.25) is 0 Å². The number of unbranched alkanes of at least 4 members (excludes halogenated alkanes) is 1. The molecular formula is C21H27PZr. The molecule has 1 aromatic rings. The number of rotatable bonds is 6. The molecule has 2 aliphatic rings. The van der Waals surface area contributed by atoms with Gasteiger partial charge in [-0.1, -0.05) is 0 Å². The average molecular weight is 402 g/mol. The van der Waals surface area contributed by atoms with Gasteiger partial charge in [-0.05, 0) is 0 Å². The second-order valence-electron chi connectivity index (χ2n) is 6.82. The summed E-state index contributed by atoms with van der Waals surface area (Å²) in [5, 5.41) is 1.76. The standard InChI is InChI=1S/C11H12P.C10H15.Zr/c1-12(2)11-7-9-5-3-4-6-10(9)8-11;1-3-4-7-10-8-5-6-9(10)2;/h3-8H,1-2H3;6H,3-5,7H2,1-2H3;. The van der Waals surface area contributed by atoms with Gasteiger partial charge in [0, 0.05) is 0 Å². The van der Waals surface area contributed by atoms with E-state index in [1.807, 2.05) is 3.28 Å². The third-order valence-corrected chi connectivity index (χ3v) is 11.3. The topological polar surface area (TPSA) is 0 Å². The predicted octanol–water partition coefficient (Wildman–Crippen LogP) is 6.70. The molecule has 0 aliphatic heterocycles. The van der Waals surface area contributed by atoms with E-state index in [0.29, 0.717) is 0 Å². The van der Waals surface area contributed by atoms with Crippen molar-refractivity contribution in [3.8, 4) is 0 Å². The van der Waals surface area contributed by atoms with Gasteiger partial charge in [0.25, 0.3) is 0 Å². The SMILES string of the molecule is CCCCC1=[C]([Zr][CH]2C(P(C)C)=Cc3ccccc32)CC=C1C.